The number of hydrogen-bond acceptors (Lipinski definition) is 10. The third-order valence-corrected chi connectivity index (χ3v) is 25.6. The van der Waals surface area contributed by atoms with Gasteiger partial charge in [-0.15, -0.1) is 0 Å². The highest BCUT2D eigenvalue weighted by Crippen LogP contribution is 2.54. The lowest BCUT2D eigenvalue weighted by molar-refractivity contribution is 0.184. The fraction of sp³-hybridized carbons (Fsp3) is 0.258. The van der Waals surface area contributed by atoms with Crippen LogP contribution in [-0.4, -0.2) is 19.9 Å². The summed E-state index contributed by atoms with van der Waals surface area (Å²) >= 11 is 0. The molecule has 0 aliphatic carbocycles. The number of nitrogens with one attached hydrogen (secondary N) is 2. The molecule has 17 rings (SSSR count). The van der Waals surface area contributed by atoms with Crippen LogP contribution in [0.1, 0.15) is 274 Å². The van der Waals surface area contributed by atoms with E-state index in [9.17, 15) is 0 Å². The minimum atomic E-state index is -0.370. The molecule has 12 heteroatoms. The molecule has 0 fully saturated rings. The zero-order valence-electron chi connectivity index (χ0n) is 79.7. The van der Waals surface area contributed by atoms with Crippen molar-refractivity contribution in [3.8, 4) is 90.5 Å². The molecule has 0 radical (unpaired) electrons. The van der Waals surface area contributed by atoms with Crippen molar-refractivity contribution in [1.29, 1.82) is 0 Å². The first-order valence-corrected chi connectivity index (χ1v) is 49.5. The summed E-state index contributed by atoms with van der Waals surface area (Å²) in [5.41, 5.74) is 19.5. The van der Waals surface area contributed by atoms with E-state index in [0.29, 0.717) is 113 Å². The Bertz CT molecular complexity index is 5570. The van der Waals surface area contributed by atoms with Crippen LogP contribution in [0.3, 0.4) is 0 Å². The molecular weight excluding hydrogens is 1670 g/mol. The van der Waals surface area contributed by atoms with Gasteiger partial charge in [0.2, 0.25) is 0 Å². The number of benzene rings is 12. The van der Waals surface area contributed by atoms with Crippen LogP contribution in [0, 0.1) is 0 Å². The summed E-state index contributed by atoms with van der Waals surface area (Å²) in [6.07, 6.45) is 18.3. The molecular formula is C124H126N4O8. The zero-order chi connectivity index (χ0) is 93.3. The van der Waals surface area contributed by atoms with Gasteiger partial charge in [-0.05, 0) is 193 Å². The summed E-state index contributed by atoms with van der Waals surface area (Å²) < 4.78 is 62.6. The SMILES string of the molecule is CCC[C@@H](Oc1cccc(O[C@H](CCC)c2ccccc2)c1-c1c2nc(c(-c3c(O[C@H](CCC)c4ccccc4)cccc3O[C@H](CCC)c3ccccc3)c3ccc([nH]3)c(-c3c(O[C@H](CCC)c4ccccc4)cccc3O[C@H](CCC)c3ccccc3)c3nc(c(-c4c(O[C@H](CCC)c5ccccc5)cccc4O[C@H](CCC)c4ccccc4)c4ccc1[nH]4)C=C3)C=C2)c1ccccc1. The Morgan fingerprint density at radius 1 is 0.169 bits per heavy atom. The monoisotopic (exact) mass is 1800 g/mol. The van der Waals surface area contributed by atoms with Crippen LogP contribution >= 0.6 is 0 Å². The molecule has 12 aromatic carbocycles. The molecule has 3 aromatic heterocycles. The van der Waals surface area contributed by atoms with E-state index in [0.717, 1.165) is 169 Å². The number of rotatable bonds is 44. The van der Waals surface area contributed by atoms with E-state index in [1.807, 2.05) is 0 Å². The predicted octanol–water partition coefficient (Wildman–Crippen LogP) is 34.7. The lowest BCUT2D eigenvalue weighted by Gasteiger charge is -2.26. The Kier molecular flexibility index (Phi) is 31.6. The third-order valence-electron chi connectivity index (χ3n) is 25.6. The second kappa shape index (κ2) is 46.1. The molecule has 2 aliphatic rings. The molecule has 8 bridgehead atoms. The molecule has 15 aromatic rings. The number of fused-ring (bicyclic) bond motifs is 8. The Hall–Kier alpha value is -14.4. The number of hydrogen-bond donors (Lipinski definition) is 2. The smallest absolute Gasteiger partial charge is 0.131 e. The highest BCUT2D eigenvalue weighted by molar-refractivity contribution is 6.04. The number of ether oxygens (including phenoxy) is 8. The summed E-state index contributed by atoms with van der Waals surface area (Å²) in [5, 5.41) is 0. The standard InChI is InChI=1S/C124H126N4O8/c1-9-45-101(85-53-25-17-26-54-85)129-109-69-41-70-110(130-102(46-10-2)86-55-27-18-28-56-86)121(109)117-93-77-79-95(125-93)118(122-111(131-103(47-11-3)87-57-29-19-30-58-87)71-42-72-112(122)132-104(48-12-4)88-59-31-20-32-60-88)97-81-83-99(127-97)120(124-115(135-107(51-15-7)91-65-37-23-38-66-91)75-44-76-116(124)136-108(52-16-8)92-67-39-24-40-68-92)100-84-82-98(128-100)119(96-80-78-94(117)126-96)123-113(133-105(49-13-5)89-61-33-21-34-62-89)73-43-74-114(123)134-106(50-14-6)90-63-35-22-36-64-90/h17-44,53-84,101-108,125,128H,9-16,45-52H2,1-8H3/t101-,102-,103-,104-,105-,106-,107-,108-/m1/s1. The van der Waals surface area contributed by atoms with Crippen LogP contribution in [0.4, 0.5) is 0 Å². The van der Waals surface area contributed by atoms with E-state index in [2.05, 4.69) is 429 Å². The number of H-pyrrole nitrogens is 2. The number of nitrogens with zero attached hydrogens (tertiary/aromatic N) is 2. The van der Waals surface area contributed by atoms with Gasteiger partial charge in [0.25, 0.3) is 0 Å². The van der Waals surface area contributed by atoms with E-state index in [1.165, 1.54) is 0 Å². The number of aromatic nitrogens is 4. The van der Waals surface area contributed by atoms with Crippen LogP contribution in [0.2, 0.25) is 0 Å². The first-order valence-electron chi connectivity index (χ1n) is 49.5. The molecule has 8 atom stereocenters. The van der Waals surface area contributed by atoms with Crippen LogP contribution in [0.15, 0.2) is 340 Å². The molecule has 136 heavy (non-hydrogen) atoms. The fourth-order valence-corrected chi connectivity index (χ4v) is 19.1. The van der Waals surface area contributed by atoms with Crippen molar-refractivity contribution in [3.63, 3.8) is 0 Å². The van der Waals surface area contributed by atoms with Crippen molar-refractivity contribution in [3.05, 3.63) is 407 Å². The third kappa shape index (κ3) is 21.8. The Morgan fingerprint density at radius 3 is 0.441 bits per heavy atom. The molecule has 2 aliphatic heterocycles. The number of aromatic amines is 2. The molecule has 0 saturated carbocycles. The maximum Gasteiger partial charge on any atom is 0.131 e. The van der Waals surface area contributed by atoms with Crippen molar-refractivity contribution < 1.29 is 37.9 Å². The van der Waals surface area contributed by atoms with Gasteiger partial charge in [0.1, 0.15) is 94.8 Å². The van der Waals surface area contributed by atoms with Crippen molar-refractivity contribution in [2.45, 2.75) is 207 Å². The fourth-order valence-electron chi connectivity index (χ4n) is 19.1. The van der Waals surface area contributed by atoms with E-state index < -0.39 is 0 Å². The summed E-state index contributed by atoms with van der Waals surface area (Å²) in [6, 6.07) is 119. The highest BCUT2D eigenvalue weighted by Gasteiger charge is 2.34. The minimum Gasteiger partial charge on any atom is -0.485 e. The highest BCUT2D eigenvalue weighted by atomic mass is 16.5. The summed E-state index contributed by atoms with van der Waals surface area (Å²) in [5.74, 6) is 4.92. The van der Waals surface area contributed by atoms with Crippen LogP contribution in [0.5, 0.6) is 46.0 Å². The molecule has 0 saturated heterocycles. The summed E-state index contributed by atoms with van der Waals surface area (Å²) in [6.45, 7) is 17.8. The summed E-state index contributed by atoms with van der Waals surface area (Å²) in [4.78, 5) is 21.1. The van der Waals surface area contributed by atoms with Crippen molar-refractivity contribution >= 4 is 46.4 Å². The maximum absolute atomic E-state index is 7.82. The van der Waals surface area contributed by atoms with Gasteiger partial charge in [-0.1, -0.05) is 374 Å². The van der Waals surface area contributed by atoms with Gasteiger partial charge in [-0.25, -0.2) is 9.97 Å². The maximum atomic E-state index is 7.82. The Balaban J connectivity index is 1.07. The van der Waals surface area contributed by atoms with Gasteiger partial charge in [0.05, 0.1) is 45.0 Å². The van der Waals surface area contributed by atoms with E-state index in [4.69, 9.17) is 47.9 Å². The minimum absolute atomic E-state index is 0.370. The van der Waals surface area contributed by atoms with Gasteiger partial charge < -0.3 is 47.9 Å². The van der Waals surface area contributed by atoms with Gasteiger partial charge in [0, 0.05) is 44.3 Å². The second-order valence-electron chi connectivity index (χ2n) is 35.5. The molecule has 12 nitrogen and oxygen atoms in total. The topological polar surface area (TPSA) is 131 Å². The molecule has 2 N–H and O–H groups in total. The van der Waals surface area contributed by atoms with Crippen molar-refractivity contribution in [2.24, 2.45) is 0 Å². The lowest BCUT2D eigenvalue weighted by Crippen LogP contribution is -2.11. The molecule has 0 unspecified atom stereocenters. The Labute approximate surface area is 803 Å². The lowest BCUT2D eigenvalue weighted by atomic mass is 9.99. The molecule has 0 amide bonds. The van der Waals surface area contributed by atoms with E-state index in [1.54, 1.807) is 0 Å². The van der Waals surface area contributed by atoms with Gasteiger partial charge >= 0.3 is 0 Å². The van der Waals surface area contributed by atoms with Gasteiger partial charge in [-0.2, -0.15) is 0 Å². The molecule has 0 spiro atoms. The molecule has 690 valence electrons. The van der Waals surface area contributed by atoms with Crippen LogP contribution in [0.25, 0.3) is 90.9 Å². The van der Waals surface area contributed by atoms with Crippen LogP contribution < -0.4 is 37.9 Å². The van der Waals surface area contributed by atoms with E-state index >= 15 is 0 Å². The largest absolute Gasteiger partial charge is 0.485 e. The first-order chi connectivity index (χ1) is 67.1. The zero-order valence-corrected chi connectivity index (χ0v) is 79.7. The van der Waals surface area contributed by atoms with Gasteiger partial charge in [0.15, 0.2) is 0 Å². The average Bonchev–Trinajstić information content (AvgIpc) is 1.58. The quantitative estimate of drug-likeness (QED) is 0.0381. The molecule has 5 heterocycles. The summed E-state index contributed by atoms with van der Waals surface area (Å²) in [7, 11) is 0. The second-order valence-corrected chi connectivity index (χ2v) is 35.5. The Morgan fingerprint density at radius 2 is 0.309 bits per heavy atom. The van der Waals surface area contributed by atoms with Crippen LogP contribution in [-0.2, 0) is 0 Å². The first kappa shape index (κ1) is 93.4. The van der Waals surface area contributed by atoms with Gasteiger partial charge in [-0.3, -0.25) is 0 Å². The van der Waals surface area contributed by atoms with Crippen molar-refractivity contribution in [2.75, 3.05) is 0 Å². The average molecular weight is 1800 g/mol. The normalized spacial score (nSPS) is 13.5. The predicted molar refractivity (Wildman–Crippen MR) is 558 cm³/mol. The van der Waals surface area contributed by atoms with Crippen molar-refractivity contribution in [1.82, 2.24) is 19.9 Å². The van der Waals surface area contributed by atoms with E-state index in [-0.39, 0.29) is 48.8 Å².